The van der Waals surface area contributed by atoms with Crippen molar-refractivity contribution in [2.75, 3.05) is 13.2 Å². The van der Waals surface area contributed by atoms with Crippen LogP contribution in [0.4, 0.5) is 0 Å². The van der Waals surface area contributed by atoms with Gasteiger partial charge in [0.15, 0.2) is 0 Å². The maximum Gasteiger partial charge on any atom is 0.344 e. The first-order chi connectivity index (χ1) is 10.7. The molecule has 5 heteroatoms. The van der Waals surface area contributed by atoms with Crippen molar-refractivity contribution < 1.29 is 13.6 Å². The molecule has 0 radical (unpaired) electrons. The third-order valence-corrected chi connectivity index (χ3v) is 8.53. The Morgan fingerprint density at radius 2 is 1.68 bits per heavy atom. The van der Waals surface area contributed by atoms with Crippen molar-refractivity contribution in [3.63, 3.8) is 0 Å². The minimum atomic E-state index is -3.10. The van der Waals surface area contributed by atoms with Crippen LogP contribution in [-0.4, -0.2) is 18.2 Å². The maximum absolute atomic E-state index is 13.4. The summed E-state index contributed by atoms with van der Waals surface area (Å²) in [6.45, 7) is 4.62. The van der Waals surface area contributed by atoms with Gasteiger partial charge in [0.2, 0.25) is 0 Å². The largest absolute Gasteiger partial charge is 0.344 e. The highest BCUT2D eigenvalue weighted by Gasteiger charge is 2.42. The van der Waals surface area contributed by atoms with Gasteiger partial charge in [-0.25, -0.2) is 0 Å². The third kappa shape index (κ3) is 4.86. The maximum atomic E-state index is 13.4. The van der Waals surface area contributed by atoms with Crippen molar-refractivity contribution >= 4 is 19.4 Å². The summed E-state index contributed by atoms with van der Waals surface area (Å²) < 4.78 is 24.7. The molecule has 0 amide bonds. The zero-order chi connectivity index (χ0) is 15.8. The predicted octanol–water partition coefficient (Wildman–Crippen LogP) is 5.95. The van der Waals surface area contributed by atoms with Gasteiger partial charge in [-0.05, 0) is 44.7 Å². The zero-order valence-corrected chi connectivity index (χ0v) is 15.3. The van der Waals surface area contributed by atoms with E-state index in [1.165, 1.54) is 19.3 Å². The Morgan fingerprint density at radius 1 is 1.09 bits per heavy atom. The van der Waals surface area contributed by atoms with Gasteiger partial charge in [0, 0.05) is 4.90 Å². The van der Waals surface area contributed by atoms with Crippen LogP contribution in [0.2, 0.25) is 0 Å². The molecule has 0 saturated heterocycles. The Hall–Kier alpha value is -0.280. The Morgan fingerprint density at radius 3 is 2.23 bits per heavy atom. The van der Waals surface area contributed by atoms with Gasteiger partial charge in [0.25, 0.3) is 0 Å². The first-order valence-electron chi connectivity index (χ1n) is 8.30. The number of hydrogen-bond donors (Lipinski definition) is 0. The monoisotopic (exact) mass is 342 g/mol. The van der Waals surface area contributed by atoms with Gasteiger partial charge in [0.05, 0.1) is 13.2 Å². The minimum absolute atomic E-state index is 0.102. The number of rotatable bonds is 8. The molecule has 3 nitrogen and oxygen atoms in total. The first-order valence-corrected chi connectivity index (χ1v) is 10.8. The lowest BCUT2D eigenvalue weighted by molar-refractivity contribution is 0.208. The third-order valence-electron chi connectivity index (χ3n) is 3.98. The van der Waals surface area contributed by atoms with Crippen LogP contribution < -0.4 is 0 Å². The number of hydrogen-bond acceptors (Lipinski definition) is 4. The molecule has 1 saturated carbocycles. The molecule has 0 N–H and O–H groups in total. The summed E-state index contributed by atoms with van der Waals surface area (Å²) in [7, 11) is -3.10. The van der Waals surface area contributed by atoms with E-state index in [0.29, 0.717) is 19.1 Å². The number of thioether (sulfide) groups is 1. The number of benzene rings is 1. The van der Waals surface area contributed by atoms with Gasteiger partial charge in [-0.15, -0.1) is 11.8 Å². The average molecular weight is 342 g/mol. The second-order valence-corrected chi connectivity index (χ2v) is 9.31. The molecule has 22 heavy (non-hydrogen) atoms. The van der Waals surface area contributed by atoms with Crippen molar-refractivity contribution in [2.45, 2.75) is 55.8 Å². The summed E-state index contributed by atoms with van der Waals surface area (Å²) in [6, 6.07) is 10.2. The van der Waals surface area contributed by atoms with Crippen molar-refractivity contribution in [3.8, 4) is 0 Å². The average Bonchev–Trinajstić information content (AvgIpc) is 2.55. The lowest BCUT2D eigenvalue weighted by Crippen LogP contribution is -2.23. The van der Waals surface area contributed by atoms with Crippen LogP contribution in [0.15, 0.2) is 35.2 Å². The molecule has 1 atom stereocenters. The molecule has 0 aromatic heterocycles. The molecule has 0 bridgehead atoms. The van der Waals surface area contributed by atoms with Gasteiger partial charge in [0.1, 0.15) is 4.99 Å². The fourth-order valence-corrected chi connectivity index (χ4v) is 7.23. The van der Waals surface area contributed by atoms with Crippen LogP contribution in [0.25, 0.3) is 0 Å². The Balaban J connectivity index is 2.24. The summed E-state index contributed by atoms with van der Waals surface area (Å²) in [5.74, 6) is 0.405. The normalized spacial score (nSPS) is 18.3. The molecule has 1 unspecified atom stereocenters. The lowest BCUT2D eigenvalue weighted by Gasteiger charge is -2.34. The Bertz CT molecular complexity index is 464. The molecule has 1 fully saturated rings. The molecule has 0 spiro atoms. The fraction of sp³-hybridized carbons (Fsp3) is 0.647. The fourth-order valence-electron chi connectivity index (χ4n) is 3.02. The first kappa shape index (κ1) is 18.1. The van der Waals surface area contributed by atoms with Crippen LogP contribution in [0.5, 0.6) is 0 Å². The quantitative estimate of drug-likeness (QED) is 0.432. The van der Waals surface area contributed by atoms with Gasteiger partial charge in [-0.3, -0.25) is 4.57 Å². The van der Waals surface area contributed by atoms with Gasteiger partial charge in [-0.2, -0.15) is 0 Å². The van der Waals surface area contributed by atoms with Gasteiger partial charge < -0.3 is 9.05 Å². The van der Waals surface area contributed by atoms with Crippen molar-refractivity contribution in [3.05, 3.63) is 30.3 Å². The Kier molecular flexibility index (Phi) is 7.49. The van der Waals surface area contributed by atoms with E-state index in [2.05, 4.69) is 12.1 Å². The van der Waals surface area contributed by atoms with E-state index < -0.39 is 7.60 Å². The van der Waals surface area contributed by atoms with Crippen molar-refractivity contribution in [1.82, 2.24) is 0 Å². The van der Waals surface area contributed by atoms with E-state index in [1.807, 2.05) is 32.0 Å². The van der Waals surface area contributed by atoms with E-state index in [0.717, 1.165) is 17.7 Å². The molecule has 124 valence electrons. The summed E-state index contributed by atoms with van der Waals surface area (Å²) in [5.41, 5.74) is 0. The van der Waals surface area contributed by atoms with Crippen LogP contribution >= 0.6 is 19.4 Å². The minimum Gasteiger partial charge on any atom is -0.308 e. The van der Waals surface area contributed by atoms with Gasteiger partial charge >= 0.3 is 7.60 Å². The lowest BCUT2D eigenvalue weighted by atomic mass is 9.91. The highest BCUT2D eigenvalue weighted by Crippen LogP contribution is 2.62. The molecular formula is C17H27O3PS. The van der Waals surface area contributed by atoms with E-state index in [-0.39, 0.29) is 4.99 Å². The van der Waals surface area contributed by atoms with E-state index in [1.54, 1.807) is 11.8 Å². The summed E-state index contributed by atoms with van der Waals surface area (Å²) in [6.07, 6.45) is 5.96. The van der Waals surface area contributed by atoms with Crippen LogP contribution in [-0.2, 0) is 13.6 Å². The summed E-state index contributed by atoms with van der Waals surface area (Å²) in [5, 5.41) is 0. The highest BCUT2D eigenvalue weighted by atomic mass is 32.2. The molecule has 0 heterocycles. The second-order valence-electron chi connectivity index (χ2n) is 5.59. The van der Waals surface area contributed by atoms with E-state index >= 15 is 0 Å². The molecule has 2 rings (SSSR count). The predicted molar refractivity (Wildman–Crippen MR) is 93.5 cm³/mol. The molecule has 1 aromatic carbocycles. The smallest absolute Gasteiger partial charge is 0.308 e. The standard InChI is InChI=1S/C17H27O3PS/c1-3-19-21(18,20-4-2)17(15-11-7-5-8-12-15)22-16-13-9-6-10-14-16/h6,9-10,13-15,17H,3-5,7-8,11-12H2,1-2H3. The van der Waals surface area contributed by atoms with Crippen LogP contribution in [0.3, 0.4) is 0 Å². The molecule has 1 aromatic rings. The molecule has 1 aliphatic rings. The van der Waals surface area contributed by atoms with Crippen molar-refractivity contribution in [2.24, 2.45) is 5.92 Å². The molecular weight excluding hydrogens is 315 g/mol. The van der Waals surface area contributed by atoms with Gasteiger partial charge in [-0.1, -0.05) is 37.5 Å². The van der Waals surface area contributed by atoms with Crippen LogP contribution in [0.1, 0.15) is 46.0 Å². The van der Waals surface area contributed by atoms with Crippen LogP contribution in [0, 0.1) is 5.92 Å². The second kappa shape index (κ2) is 9.12. The molecule has 0 aliphatic heterocycles. The Labute approximate surface area is 138 Å². The van der Waals surface area contributed by atoms with Crippen molar-refractivity contribution in [1.29, 1.82) is 0 Å². The zero-order valence-electron chi connectivity index (χ0n) is 13.6. The van der Waals surface area contributed by atoms with E-state index in [9.17, 15) is 4.57 Å². The molecule has 1 aliphatic carbocycles. The summed E-state index contributed by atoms with van der Waals surface area (Å²) in [4.78, 5) is 1.04. The highest BCUT2D eigenvalue weighted by molar-refractivity contribution is 8.05. The summed E-state index contributed by atoms with van der Waals surface area (Å²) >= 11 is 1.67. The van der Waals surface area contributed by atoms with E-state index in [4.69, 9.17) is 9.05 Å². The SMILES string of the molecule is CCOP(=O)(OCC)C(Sc1ccccc1)C1CCCCC1. The topological polar surface area (TPSA) is 35.5 Å².